The second kappa shape index (κ2) is 7.20. The summed E-state index contributed by atoms with van der Waals surface area (Å²) in [5, 5.41) is 11.2. The lowest BCUT2D eigenvalue weighted by molar-refractivity contribution is -0.141. The number of rotatable bonds is 6. The van der Waals surface area contributed by atoms with Crippen LogP contribution < -0.4 is 5.32 Å². The molecule has 0 fully saturated rings. The van der Waals surface area contributed by atoms with Crippen molar-refractivity contribution in [2.75, 3.05) is 13.2 Å². The summed E-state index contributed by atoms with van der Waals surface area (Å²) >= 11 is 0. The fourth-order valence-electron chi connectivity index (χ4n) is 1.05. The van der Waals surface area contributed by atoms with Crippen LogP contribution >= 0.6 is 0 Å². The van der Waals surface area contributed by atoms with Crippen LogP contribution in [0, 0.1) is 5.92 Å². The summed E-state index contributed by atoms with van der Waals surface area (Å²) < 4.78 is 10.2. The zero-order valence-electron chi connectivity index (χ0n) is 11.6. The molecule has 0 bridgehead atoms. The first-order valence-corrected chi connectivity index (χ1v) is 5.92. The van der Waals surface area contributed by atoms with E-state index in [-0.39, 0.29) is 6.61 Å². The maximum atomic E-state index is 11.4. The molecule has 0 aliphatic carbocycles. The number of amides is 1. The number of carboxylic acids is 1. The molecule has 18 heavy (non-hydrogen) atoms. The zero-order chi connectivity index (χ0) is 14.3. The minimum atomic E-state index is -1.15. The molecule has 0 aromatic heterocycles. The van der Waals surface area contributed by atoms with Crippen molar-refractivity contribution >= 4 is 12.1 Å². The Balaban J connectivity index is 4.19. The molecule has 0 aromatic carbocycles. The normalized spacial score (nSPS) is 13.2. The minimum absolute atomic E-state index is 0.0766. The van der Waals surface area contributed by atoms with E-state index >= 15 is 0 Å². The van der Waals surface area contributed by atoms with E-state index in [4.69, 9.17) is 14.6 Å². The van der Waals surface area contributed by atoms with Crippen LogP contribution in [0.4, 0.5) is 4.79 Å². The van der Waals surface area contributed by atoms with Gasteiger partial charge in [0, 0.05) is 6.61 Å². The van der Waals surface area contributed by atoms with Crippen LogP contribution in [-0.2, 0) is 14.3 Å². The van der Waals surface area contributed by atoms with Crippen molar-refractivity contribution in [2.45, 2.75) is 46.3 Å². The molecule has 6 heteroatoms. The minimum Gasteiger partial charge on any atom is -0.480 e. The highest BCUT2D eigenvalue weighted by Gasteiger charge is 2.24. The lowest BCUT2D eigenvalue weighted by Crippen LogP contribution is -2.46. The Morgan fingerprint density at radius 1 is 1.22 bits per heavy atom. The Kier molecular flexibility index (Phi) is 6.68. The fraction of sp³-hybridized carbons (Fsp3) is 0.833. The summed E-state index contributed by atoms with van der Waals surface area (Å²) in [5.41, 5.74) is -0.661. The molecule has 0 saturated carbocycles. The third-order valence-electron chi connectivity index (χ3n) is 1.72. The van der Waals surface area contributed by atoms with Crippen molar-refractivity contribution in [1.82, 2.24) is 5.32 Å². The number of carbonyl (C=O) groups is 2. The topological polar surface area (TPSA) is 84.9 Å². The van der Waals surface area contributed by atoms with E-state index in [1.54, 1.807) is 20.8 Å². The number of hydrogen-bond donors (Lipinski definition) is 2. The first-order valence-electron chi connectivity index (χ1n) is 5.92. The average molecular weight is 261 g/mol. The molecule has 0 aliphatic rings. The molecule has 0 spiro atoms. The molecule has 6 nitrogen and oxygen atoms in total. The van der Waals surface area contributed by atoms with Gasteiger partial charge >= 0.3 is 12.1 Å². The molecule has 0 aromatic rings. The molecule has 0 saturated heterocycles. The lowest BCUT2D eigenvalue weighted by atomic mass is 10.2. The predicted molar refractivity (Wildman–Crippen MR) is 66.5 cm³/mol. The van der Waals surface area contributed by atoms with Gasteiger partial charge in [0.1, 0.15) is 5.60 Å². The Hall–Kier alpha value is -1.30. The van der Waals surface area contributed by atoms with Gasteiger partial charge in [-0.1, -0.05) is 13.8 Å². The van der Waals surface area contributed by atoms with Crippen molar-refractivity contribution in [1.29, 1.82) is 0 Å². The van der Waals surface area contributed by atoms with Crippen LogP contribution in [-0.4, -0.2) is 42.0 Å². The van der Waals surface area contributed by atoms with E-state index in [2.05, 4.69) is 5.32 Å². The van der Waals surface area contributed by atoms with Crippen LogP contribution in [0.1, 0.15) is 34.6 Å². The molecule has 0 radical (unpaired) electrons. The second-order valence-corrected chi connectivity index (χ2v) is 5.47. The number of aliphatic carboxylic acids is 1. The van der Waals surface area contributed by atoms with E-state index in [0.717, 1.165) is 0 Å². The lowest BCUT2D eigenvalue weighted by Gasteiger charge is -2.22. The van der Waals surface area contributed by atoms with Gasteiger partial charge in [0.25, 0.3) is 0 Å². The van der Waals surface area contributed by atoms with Crippen LogP contribution in [0.5, 0.6) is 0 Å². The third-order valence-corrected chi connectivity index (χ3v) is 1.72. The Morgan fingerprint density at radius 3 is 2.17 bits per heavy atom. The SMILES string of the molecule is CC(C)COCC(NC(=O)OC(C)(C)C)C(=O)O. The van der Waals surface area contributed by atoms with E-state index in [0.29, 0.717) is 12.5 Å². The van der Waals surface area contributed by atoms with Crippen molar-refractivity contribution in [3.8, 4) is 0 Å². The highest BCUT2D eigenvalue weighted by Crippen LogP contribution is 2.07. The largest absolute Gasteiger partial charge is 0.480 e. The van der Waals surface area contributed by atoms with Crippen LogP contribution in [0.15, 0.2) is 0 Å². The van der Waals surface area contributed by atoms with Gasteiger partial charge in [0.2, 0.25) is 0 Å². The first kappa shape index (κ1) is 16.7. The van der Waals surface area contributed by atoms with Gasteiger partial charge in [0.05, 0.1) is 6.61 Å². The van der Waals surface area contributed by atoms with Gasteiger partial charge in [0.15, 0.2) is 6.04 Å². The number of alkyl carbamates (subject to hydrolysis) is 1. The van der Waals surface area contributed by atoms with Crippen LogP contribution in [0.25, 0.3) is 0 Å². The van der Waals surface area contributed by atoms with E-state index in [9.17, 15) is 9.59 Å². The van der Waals surface area contributed by atoms with Gasteiger partial charge in [-0.25, -0.2) is 9.59 Å². The number of carbonyl (C=O) groups excluding carboxylic acids is 1. The maximum absolute atomic E-state index is 11.4. The van der Waals surface area contributed by atoms with Crippen LogP contribution in [0.2, 0.25) is 0 Å². The van der Waals surface area contributed by atoms with Gasteiger partial charge in [-0.05, 0) is 26.7 Å². The van der Waals surface area contributed by atoms with E-state index < -0.39 is 23.7 Å². The highest BCUT2D eigenvalue weighted by molar-refractivity contribution is 5.80. The summed E-state index contributed by atoms with van der Waals surface area (Å²) in [4.78, 5) is 22.3. The molecule has 1 atom stereocenters. The number of nitrogens with one attached hydrogen (secondary N) is 1. The molecular formula is C12H23NO5. The van der Waals surface area contributed by atoms with Gasteiger partial charge in [-0.15, -0.1) is 0 Å². The molecule has 0 aliphatic heterocycles. The summed E-state index contributed by atoms with van der Waals surface area (Å²) in [6.45, 7) is 9.40. The summed E-state index contributed by atoms with van der Waals surface area (Å²) in [6.07, 6.45) is -0.761. The first-order chi connectivity index (χ1) is 8.11. The Morgan fingerprint density at radius 2 is 1.78 bits per heavy atom. The zero-order valence-corrected chi connectivity index (χ0v) is 11.6. The quantitative estimate of drug-likeness (QED) is 0.759. The smallest absolute Gasteiger partial charge is 0.408 e. The maximum Gasteiger partial charge on any atom is 0.408 e. The molecule has 1 amide bonds. The van der Waals surface area contributed by atoms with E-state index in [1.807, 2.05) is 13.8 Å². The molecule has 2 N–H and O–H groups in total. The molecule has 1 unspecified atom stereocenters. The van der Waals surface area contributed by atoms with Crippen molar-refractivity contribution < 1.29 is 24.2 Å². The molecule has 0 rings (SSSR count). The molecule has 106 valence electrons. The van der Waals surface area contributed by atoms with Crippen molar-refractivity contribution in [2.24, 2.45) is 5.92 Å². The summed E-state index contributed by atoms with van der Waals surface area (Å²) in [5.74, 6) is -0.842. The summed E-state index contributed by atoms with van der Waals surface area (Å²) in [6, 6.07) is -1.10. The molecule has 0 heterocycles. The fourth-order valence-corrected chi connectivity index (χ4v) is 1.05. The standard InChI is InChI=1S/C12H23NO5/c1-8(2)6-17-7-9(10(14)15)13-11(16)18-12(3,4)5/h8-9H,6-7H2,1-5H3,(H,13,16)(H,14,15). The highest BCUT2D eigenvalue weighted by atomic mass is 16.6. The third kappa shape index (κ3) is 8.81. The van der Waals surface area contributed by atoms with Crippen molar-refractivity contribution in [3.05, 3.63) is 0 Å². The predicted octanol–water partition coefficient (Wildman–Crippen LogP) is 1.64. The number of carboxylic acid groups (broad SMARTS) is 1. The van der Waals surface area contributed by atoms with Gasteiger partial charge < -0.3 is 19.9 Å². The van der Waals surface area contributed by atoms with Crippen LogP contribution in [0.3, 0.4) is 0 Å². The Labute approximate surface area is 108 Å². The number of hydrogen-bond acceptors (Lipinski definition) is 4. The second-order valence-electron chi connectivity index (χ2n) is 5.47. The average Bonchev–Trinajstić information content (AvgIpc) is 2.12. The van der Waals surface area contributed by atoms with Gasteiger partial charge in [-0.3, -0.25) is 0 Å². The Bertz CT molecular complexity index is 283. The van der Waals surface area contributed by atoms with Crippen molar-refractivity contribution in [3.63, 3.8) is 0 Å². The monoisotopic (exact) mass is 261 g/mol. The number of ether oxygens (including phenoxy) is 2. The van der Waals surface area contributed by atoms with Gasteiger partial charge in [-0.2, -0.15) is 0 Å². The van der Waals surface area contributed by atoms with E-state index in [1.165, 1.54) is 0 Å². The summed E-state index contributed by atoms with van der Waals surface area (Å²) in [7, 11) is 0. The molecular weight excluding hydrogens is 238 g/mol.